The van der Waals surface area contributed by atoms with Gasteiger partial charge in [0.1, 0.15) is 0 Å². The third kappa shape index (κ3) is 3.38. The molecule has 0 saturated carbocycles. The Morgan fingerprint density at radius 1 is 1.27 bits per heavy atom. The molecule has 0 N–H and O–H groups in total. The molecular weight excluding hydrogens is 151 g/mol. The lowest BCUT2D eigenvalue weighted by Gasteiger charge is -2.30. The summed E-state index contributed by atoms with van der Waals surface area (Å²) < 4.78 is 0. The smallest absolute Gasteiger partial charge is 0.0116 e. The van der Waals surface area contributed by atoms with Gasteiger partial charge in [-0.1, -0.05) is 34.6 Å². The first-order valence-electron chi connectivity index (χ1n) is 4.50. The van der Waals surface area contributed by atoms with Gasteiger partial charge < -0.3 is 0 Å². The third-order valence-corrected chi connectivity index (χ3v) is 2.96. The molecule has 0 heterocycles. The maximum atomic E-state index is 3.71. The predicted octanol–water partition coefficient (Wildman–Crippen LogP) is 3.78. The SMILES string of the molecule is CCC(=P)C(CC)C(C)(C)C. The molecule has 0 aliphatic rings. The highest BCUT2D eigenvalue weighted by molar-refractivity contribution is 7.21. The summed E-state index contributed by atoms with van der Waals surface area (Å²) >= 11 is 0. The summed E-state index contributed by atoms with van der Waals surface area (Å²) in [5, 5.41) is 1.46. The van der Waals surface area contributed by atoms with Crippen molar-refractivity contribution >= 4 is 14.2 Å². The summed E-state index contributed by atoms with van der Waals surface area (Å²) in [6.07, 6.45) is 2.38. The van der Waals surface area contributed by atoms with E-state index in [1.165, 1.54) is 11.7 Å². The van der Waals surface area contributed by atoms with Gasteiger partial charge in [0.05, 0.1) is 0 Å². The zero-order valence-corrected chi connectivity index (χ0v) is 9.49. The van der Waals surface area contributed by atoms with Gasteiger partial charge in [0.2, 0.25) is 0 Å². The second-order valence-corrected chi connectivity index (χ2v) is 4.85. The van der Waals surface area contributed by atoms with Gasteiger partial charge in [0.25, 0.3) is 0 Å². The van der Waals surface area contributed by atoms with Gasteiger partial charge in [-0.2, -0.15) is 0 Å². The molecule has 11 heavy (non-hydrogen) atoms. The molecule has 0 aliphatic heterocycles. The Hall–Kier alpha value is 0.170. The van der Waals surface area contributed by atoms with Crippen molar-refractivity contribution in [3.05, 3.63) is 0 Å². The van der Waals surface area contributed by atoms with Gasteiger partial charge in [0.15, 0.2) is 0 Å². The Morgan fingerprint density at radius 2 is 1.73 bits per heavy atom. The normalized spacial score (nSPS) is 14.6. The van der Waals surface area contributed by atoms with Crippen LogP contribution in [0, 0.1) is 11.3 Å². The Morgan fingerprint density at radius 3 is 1.82 bits per heavy atom. The van der Waals surface area contributed by atoms with E-state index in [0.29, 0.717) is 11.3 Å². The van der Waals surface area contributed by atoms with E-state index >= 15 is 0 Å². The van der Waals surface area contributed by atoms with Crippen LogP contribution in [0.15, 0.2) is 0 Å². The van der Waals surface area contributed by atoms with Gasteiger partial charge in [-0.05, 0) is 29.5 Å². The zero-order chi connectivity index (χ0) is 9.07. The summed E-state index contributed by atoms with van der Waals surface area (Å²) in [5.74, 6) is 0.712. The quantitative estimate of drug-likeness (QED) is 0.568. The standard InChI is InChI=1S/C10H21P/c1-6-8(9(11)7-2)10(3,4)5/h8,11H,6-7H2,1-5H3. The maximum Gasteiger partial charge on any atom is -0.0116 e. The molecule has 1 unspecified atom stereocenters. The first-order chi connectivity index (χ1) is 4.93. The average molecular weight is 172 g/mol. The molecule has 0 aromatic carbocycles. The van der Waals surface area contributed by atoms with Crippen LogP contribution in [0.1, 0.15) is 47.5 Å². The molecule has 66 valence electrons. The Kier molecular flexibility index (Phi) is 4.32. The van der Waals surface area contributed by atoms with Crippen LogP contribution in [0.5, 0.6) is 0 Å². The minimum absolute atomic E-state index is 0.405. The van der Waals surface area contributed by atoms with Crippen molar-refractivity contribution in [3.63, 3.8) is 0 Å². The largest absolute Gasteiger partial charge is 0.123 e. The van der Waals surface area contributed by atoms with E-state index in [1.807, 2.05) is 0 Å². The van der Waals surface area contributed by atoms with Gasteiger partial charge in [-0.15, -0.1) is 8.86 Å². The highest BCUT2D eigenvalue weighted by Gasteiger charge is 2.24. The second-order valence-electron chi connectivity index (χ2n) is 4.21. The number of hydrogen-bond acceptors (Lipinski definition) is 0. The molecule has 0 fully saturated rings. The Bertz CT molecular complexity index is 130. The van der Waals surface area contributed by atoms with Gasteiger partial charge in [-0.25, -0.2) is 0 Å². The molecule has 0 aliphatic carbocycles. The van der Waals surface area contributed by atoms with Crippen molar-refractivity contribution in [2.75, 3.05) is 0 Å². The fraction of sp³-hybridized carbons (Fsp3) is 0.900. The van der Waals surface area contributed by atoms with Gasteiger partial charge in [-0.3, -0.25) is 0 Å². The first-order valence-corrected chi connectivity index (χ1v) is 5.00. The highest BCUT2D eigenvalue weighted by Crippen LogP contribution is 2.31. The van der Waals surface area contributed by atoms with Crippen LogP contribution < -0.4 is 0 Å². The van der Waals surface area contributed by atoms with Crippen LogP contribution in [-0.4, -0.2) is 5.29 Å². The minimum atomic E-state index is 0.405. The molecule has 0 spiro atoms. The maximum absolute atomic E-state index is 3.71. The molecule has 0 rings (SSSR count). The van der Waals surface area contributed by atoms with Gasteiger partial charge >= 0.3 is 0 Å². The van der Waals surface area contributed by atoms with Crippen LogP contribution in [-0.2, 0) is 0 Å². The minimum Gasteiger partial charge on any atom is -0.123 e. The fourth-order valence-corrected chi connectivity index (χ4v) is 2.27. The average Bonchev–Trinajstić information content (AvgIpc) is 1.86. The number of hydrogen-bond donors (Lipinski definition) is 0. The lowest BCUT2D eigenvalue weighted by atomic mass is 9.76. The predicted molar refractivity (Wildman–Crippen MR) is 56.8 cm³/mol. The molecule has 0 aromatic heterocycles. The summed E-state index contributed by atoms with van der Waals surface area (Å²) in [4.78, 5) is 0. The van der Waals surface area contributed by atoms with Crippen molar-refractivity contribution in [1.29, 1.82) is 0 Å². The van der Waals surface area contributed by atoms with E-state index in [4.69, 9.17) is 0 Å². The second kappa shape index (κ2) is 4.26. The molecule has 0 nitrogen and oxygen atoms in total. The Labute approximate surface area is 73.6 Å². The van der Waals surface area contributed by atoms with Crippen molar-refractivity contribution in [1.82, 2.24) is 0 Å². The van der Waals surface area contributed by atoms with E-state index in [1.54, 1.807) is 0 Å². The van der Waals surface area contributed by atoms with Crippen LogP contribution in [0.4, 0.5) is 0 Å². The third-order valence-electron chi connectivity index (χ3n) is 2.26. The molecule has 1 atom stereocenters. The lowest BCUT2D eigenvalue weighted by Crippen LogP contribution is -2.26. The van der Waals surface area contributed by atoms with Gasteiger partial charge in [0, 0.05) is 0 Å². The zero-order valence-electron chi connectivity index (χ0n) is 8.49. The van der Waals surface area contributed by atoms with Crippen LogP contribution in [0.2, 0.25) is 0 Å². The lowest BCUT2D eigenvalue weighted by molar-refractivity contribution is 0.306. The Balaban J connectivity index is 4.29. The summed E-state index contributed by atoms with van der Waals surface area (Å²) in [7, 11) is 3.71. The monoisotopic (exact) mass is 172 g/mol. The molecule has 0 amide bonds. The molecule has 0 radical (unpaired) electrons. The van der Waals surface area contributed by atoms with Crippen molar-refractivity contribution < 1.29 is 0 Å². The molecule has 1 heteroatoms. The van der Waals surface area contributed by atoms with Crippen LogP contribution in [0.25, 0.3) is 0 Å². The number of rotatable bonds is 3. The van der Waals surface area contributed by atoms with Crippen molar-refractivity contribution in [2.24, 2.45) is 11.3 Å². The van der Waals surface area contributed by atoms with Crippen LogP contribution >= 0.6 is 8.86 Å². The molecule has 0 saturated heterocycles. The summed E-state index contributed by atoms with van der Waals surface area (Å²) in [6.45, 7) is 11.4. The molecule has 0 bridgehead atoms. The summed E-state index contributed by atoms with van der Waals surface area (Å²) in [6, 6.07) is 0. The van der Waals surface area contributed by atoms with Crippen molar-refractivity contribution in [2.45, 2.75) is 47.5 Å². The molecule has 0 aromatic rings. The van der Waals surface area contributed by atoms with E-state index in [2.05, 4.69) is 43.5 Å². The molecular formula is C10H21P. The fourth-order valence-electron chi connectivity index (χ4n) is 1.63. The van der Waals surface area contributed by atoms with Crippen LogP contribution in [0.3, 0.4) is 0 Å². The van der Waals surface area contributed by atoms with Crippen molar-refractivity contribution in [3.8, 4) is 0 Å². The summed E-state index contributed by atoms with van der Waals surface area (Å²) in [5.41, 5.74) is 0.405. The van der Waals surface area contributed by atoms with E-state index < -0.39 is 0 Å². The van der Waals surface area contributed by atoms with E-state index in [-0.39, 0.29) is 0 Å². The van der Waals surface area contributed by atoms with E-state index in [0.717, 1.165) is 6.42 Å². The highest BCUT2D eigenvalue weighted by atomic mass is 31.0. The topological polar surface area (TPSA) is 0 Å². The van der Waals surface area contributed by atoms with E-state index in [9.17, 15) is 0 Å². The first kappa shape index (κ1) is 11.2.